The van der Waals surface area contributed by atoms with E-state index in [1.54, 1.807) is 0 Å². The standard InChI is InChI=1S/C15H23NO3/c1-3-4-6-11-13(15(18)19-2)16-14(17)12-9-7-5-8-10-12/h1,12-13H,4-11H2,2H3,(H,16,17)/t13-/m0/s1. The van der Waals surface area contributed by atoms with Gasteiger partial charge in [-0.15, -0.1) is 12.3 Å². The highest BCUT2D eigenvalue weighted by Crippen LogP contribution is 2.23. The first kappa shape index (κ1) is 15.6. The van der Waals surface area contributed by atoms with Crippen molar-refractivity contribution in [3.05, 3.63) is 0 Å². The van der Waals surface area contributed by atoms with Crippen LogP contribution in [-0.2, 0) is 14.3 Å². The molecular weight excluding hydrogens is 242 g/mol. The van der Waals surface area contributed by atoms with Crippen LogP contribution in [-0.4, -0.2) is 25.0 Å². The molecule has 4 heteroatoms. The summed E-state index contributed by atoms with van der Waals surface area (Å²) < 4.78 is 4.73. The zero-order valence-corrected chi connectivity index (χ0v) is 11.6. The molecule has 1 aliphatic carbocycles. The van der Waals surface area contributed by atoms with Crippen LogP contribution in [0.15, 0.2) is 0 Å². The summed E-state index contributed by atoms with van der Waals surface area (Å²) in [4.78, 5) is 23.7. The zero-order valence-electron chi connectivity index (χ0n) is 11.6. The van der Waals surface area contributed by atoms with Crippen LogP contribution in [0.5, 0.6) is 0 Å². The summed E-state index contributed by atoms with van der Waals surface area (Å²) in [7, 11) is 1.34. The second-order valence-electron chi connectivity index (χ2n) is 5.02. The van der Waals surface area contributed by atoms with Crippen molar-refractivity contribution in [1.29, 1.82) is 0 Å². The Bertz CT molecular complexity index is 340. The molecular formula is C15H23NO3. The molecule has 0 unspecified atom stereocenters. The van der Waals surface area contributed by atoms with Crippen LogP contribution in [0, 0.1) is 18.3 Å². The van der Waals surface area contributed by atoms with E-state index in [0.29, 0.717) is 19.3 Å². The summed E-state index contributed by atoms with van der Waals surface area (Å²) in [6.07, 6.45) is 12.3. The lowest BCUT2D eigenvalue weighted by molar-refractivity contribution is -0.146. The minimum Gasteiger partial charge on any atom is -0.467 e. The molecule has 1 saturated carbocycles. The molecule has 0 heterocycles. The summed E-state index contributed by atoms with van der Waals surface area (Å²) in [6, 6.07) is -0.562. The van der Waals surface area contributed by atoms with E-state index in [0.717, 1.165) is 25.7 Å². The van der Waals surface area contributed by atoms with Crippen LogP contribution in [0.1, 0.15) is 51.4 Å². The van der Waals surface area contributed by atoms with Crippen molar-refractivity contribution >= 4 is 11.9 Å². The molecule has 1 rings (SSSR count). The molecule has 0 aliphatic heterocycles. The highest BCUT2D eigenvalue weighted by molar-refractivity contribution is 5.85. The summed E-state index contributed by atoms with van der Waals surface area (Å²) >= 11 is 0. The summed E-state index contributed by atoms with van der Waals surface area (Å²) in [5.41, 5.74) is 0. The number of nitrogens with one attached hydrogen (secondary N) is 1. The number of ether oxygens (including phenoxy) is 1. The number of amides is 1. The van der Waals surface area contributed by atoms with Gasteiger partial charge in [0.1, 0.15) is 6.04 Å². The van der Waals surface area contributed by atoms with Crippen LogP contribution >= 0.6 is 0 Å². The van der Waals surface area contributed by atoms with E-state index in [1.165, 1.54) is 13.5 Å². The number of hydrogen-bond acceptors (Lipinski definition) is 3. The Morgan fingerprint density at radius 2 is 2.05 bits per heavy atom. The maximum Gasteiger partial charge on any atom is 0.328 e. The van der Waals surface area contributed by atoms with Crippen molar-refractivity contribution in [2.75, 3.05) is 7.11 Å². The topological polar surface area (TPSA) is 55.4 Å². The van der Waals surface area contributed by atoms with Crippen LogP contribution in [0.4, 0.5) is 0 Å². The molecule has 0 aromatic heterocycles. The Morgan fingerprint density at radius 1 is 1.37 bits per heavy atom. The molecule has 4 nitrogen and oxygen atoms in total. The minimum atomic E-state index is -0.562. The molecule has 1 aliphatic rings. The number of hydrogen-bond donors (Lipinski definition) is 1. The van der Waals surface area contributed by atoms with Gasteiger partial charge < -0.3 is 10.1 Å². The third-order valence-corrected chi connectivity index (χ3v) is 3.59. The number of rotatable bonds is 6. The predicted molar refractivity (Wildman–Crippen MR) is 73.2 cm³/mol. The van der Waals surface area contributed by atoms with Gasteiger partial charge in [0.2, 0.25) is 5.91 Å². The Balaban J connectivity index is 2.48. The fourth-order valence-electron chi connectivity index (χ4n) is 2.45. The molecule has 1 N–H and O–H groups in total. The van der Waals surface area contributed by atoms with Crippen molar-refractivity contribution in [3.8, 4) is 12.3 Å². The van der Waals surface area contributed by atoms with Gasteiger partial charge in [-0.3, -0.25) is 4.79 Å². The molecule has 0 saturated heterocycles. The molecule has 0 radical (unpaired) electrons. The number of esters is 1. The van der Waals surface area contributed by atoms with Gasteiger partial charge in [0.25, 0.3) is 0 Å². The minimum absolute atomic E-state index is 0.0178. The van der Waals surface area contributed by atoms with E-state index in [9.17, 15) is 9.59 Å². The normalized spacial score (nSPS) is 17.3. The highest BCUT2D eigenvalue weighted by atomic mass is 16.5. The first-order valence-corrected chi connectivity index (χ1v) is 7.00. The van der Waals surface area contributed by atoms with E-state index in [1.807, 2.05) is 0 Å². The number of terminal acetylenes is 1. The molecule has 1 amide bonds. The summed E-state index contributed by atoms with van der Waals surface area (Å²) in [6.45, 7) is 0. The Labute approximate surface area is 115 Å². The van der Waals surface area contributed by atoms with Gasteiger partial charge in [0, 0.05) is 12.3 Å². The van der Waals surface area contributed by atoms with E-state index < -0.39 is 6.04 Å². The SMILES string of the molecule is C#CCCC[C@H](NC(=O)C1CCCCC1)C(=O)OC. The number of unbranched alkanes of at least 4 members (excludes halogenated alkanes) is 1. The predicted octanol–water partition coefficient (Wildman–Crippen LogP) is 2.03. The average molecular weight is 265 g/mol. The lowest BCUT2D eigenvalue weighted by Gasteiger charge is -2.23. The lowest BCUT2D eigenvalue weighted by Crippen LogP contribution is -2.44. The third-order valence-electron chi connectivity index (χ3n) is 3.59. The van der Waals surface area contributed by atoms with Crippen molar-refractivity contribution in [1.82, 2.24) is 5.32 Å². The lowest BCUT2D eigenvalue weighted by atomic mass is 9.88. The largest absolute Gasteiger partial charge is 0.467 e. The van der Waals surface area contributed by atoms with Gasteiger partial charge in [-0.05, 0) is 25.7 Å². The first-order chi connectivity index (χ1) is 9.19. The molecule has 1 atom stereocenters. The van der Waals surface area contributed by atoms with E-state index in [2.05, 4.69) is 11.2 Å². The fourth-order valence-corrected chi connectivity index (χ4v) is 2.45. The van der Waals surface area contributed by atoms with Gasteiger partial charge in [0.15, 0.2) is 0 Å². The molecule has 1 fully saturated rings. The highest BCUT2D eigenvalue weighted by Gasteiger charge is 2.26. The molecule has 0 aromatic carbocycles. The van der Waals surface area contributed by atoms with Crippen LogP contribution in [0.25, 0.3) is 0 Å². The quantitative estimate of drug-likeness (QED) is 0.454. The second-order valence-corrected chi connectivity index (χ2v) is 5.02. The molecule has 0 aromatic rings. The number of methoxy groups -OCH3 is 1. The third kappa shape index (κ3) is 5.34. The zero-order chi connectivity index (χ0) is 14.1. The first-order valence-electron chi connectivity index (χ1n) is 7.00. The van der Waals surface area contributed by atoms with Crippen molar-refractivity contribution in [3.63, 3.8) is 0 Å². The molecule has 19 heavy (non-hydrogen) atoms. The second kappa shape index (κ2) is 8.58. The monoisotopic (exact) mass is 265 g/mol. The van der Waals surface area contributed by atoms with Gasteiger partial charge in [-0.2, -0.15) is 0 Å². The van der Waals surface area contributed by atoms with Gasteiger partial charge >= 0.3 is 5.97 Å². The maximum atomic E-state index is 12.1. The van der Waals surface area contributed by atoms with Gasteiger partial charge in [0.05, 0.1) is 7.11 Å². The van der Waals surface area contributed by atoms with Crippen molar-refractivity contribution in [2.45, 2.75) is 57.4 Å². The van der Waals surface area contributed by atoms with E-state index in [4.69, 9.17) is 11.2 Å². The van der Waals surface area contributed by atoms with Crippen LogP contribution in [0.3, 0.4) is 0 Å². The maximum absolute atomic E-state index is 12.1. The summed E-state index contributed by atoms with van der Waals surface area (Å²) in [5.74, 6) is 2.18. The van der Waals surface area contributed by atoms with Crippen LogP contribution < -0.4 is 5.32 Å². The summed E-state index contributed by atoms with van der Waals surface area (Å²) in [5, 5.41) is 2.81. The Kier molecular flexibility index (Phi) is 7.02. The van der Waals surface area contributed by atoms with E-state index >= 15 is 0 Å². The van der Waals surface area contributed by atoms with Crippen molar-refractivity contribution < 1.29 is 14.3 Å². The molecule has 106 valence electrons. The smallest absolute Gasteiger partial charge is 0.328 e. The molecule has 0 spiro atoms. The van der Waals surface area contributed by atoms with Gasteiger partial charge in [-0.1, -0.05) is 19.3 Å². The number of carbonyl (C=O) groups is 2. The molecule has 0 bridgehead atoms. The average Bonchev–Trinajstić information content (AvgIpc) is 2.46. The van der Waals surface area contributed by atoms with E-state index in [-0.39, 0.29) is 17.8 Å². The number of carbonyl (C=O) groups excluding carboxylic acids is 2. The van der Waals surface area contributed by atoms with Gasteiger partial charge in [-0.25, -0.2) is 4.79 Å². The Morgan fingerprint density at radius 3 is 2.63 bits per heavy atom. The Hall–Kier alpha value is -1.50. The fraction of sp³-hybridized carbons (Fsp3) is 0.733. The van der Waals surface area contributed by atoms with Crippen LogP contribution in [0.2, 0.25) is 0 Å². The van der Waals surface area contributed by atoms with Crippen molar-refractivity contribution in [2.24, 2.45) is 5.92 Å².